The summed E-state index contributed by atoms with van der Waals surface area (Å²) < 4.78 is 27.2. The summed E-state index contributed by atoms with van der Waals surface area (Å²) in [6.07, 6.45) is 0.612. The van der Waals surface area contributed by atoms with Crippen molar-refractivity contribution in [3.05, 3.63) is 64.2 Å². The zero-order valence-electron chi connectivity index (χ0n) is 17.2. The van der Waals surface area contributed by atoms with Gasteiger partial charge >= 0.3 is 17.5 Å². The summed E-state index contributed by atoms with van der Waals surface area (Å²) in [5, 5.41) is 15.5. The Morgan fingerprint density at radius 2 is 1.72 bits per heavy atom. The van der Waals surface area contributed by atoms with Gasteiger partial charge in [-0.25, -0.2) is 4.39 Å². The number of para-hydroxylation sites is 1. The van der Waals surface area contributed by atoms with Crippen molar-refractivity contribution >= 4 is 28.9 Å². The number of carbonyl (C=O) groups excluding carboxylic acids is 2. The second-order valence-corrected chi connectivity index (χ2v) is 7.27. The fourth-order valence-corrected chi connectivity index (χ4v) is 3.42. The molecule has 2 amide bonds. The number of benzene rings is 2. The molecule has 11 heteroatoms. The van der Waals surface area contributed by atoms with Crippen LogP contribution >= 0.6 is 0 Å². The van der Waals surface area contributed by atoms with E-state index in [9.17, 15) is 28.5 Å². The van der Waals surface area contributed by atoms with E-state index in [2.05, 4.69) is 15.5 Å². The Labute approximate surface area is 183 Å². The summed E-state index contributed by atoms with van der Waals surface area (Å²) >= 11 is 0. The van der Waals surface area contributed by atoms with Crippen molar-refractivity contribution in [2.75, 3.05) is 49.5 Å². The molecule has 9 nitrogen and oxygen atoms in total. The Bertz CT molecular complexity index is 996. The molecule has 0 aliphatic carbocycles. The van der Waals surface area contributed by atoms with E-state index in [1.165, 1.54) is 6.07 Å². The van der Waals surface area contributed by atoms with Gasteiger partial charge in [0.2, 0.25) is 5.82 Å². The lowest BCUT2D eigenvalue weighted by Gasteiger charge is -2.36. The quantitative estimate of drug-likeness (QED) is 0.291. The van der Waals surface area contributed by atoms with Gasteiger partial charge in [0.15, 0.2) is 0 Å². The fraction of sp³-hybridized carbons (Fsp3) is 0.333. The summed E-state index contributed by atoms with van der Waals surface area (Å²) in [7, 11) is 0. The number of amides is 2. The van der Waals surface area contributed by atoms with Gasteiger partial charge in [-0.15, -0.1) is 0 Å². The summed E-state index contributed by atoms with van der Waals surface area (Å²) in [6.45, 7) is 3.87. The summed E-state index contributed by atoms with van der Waals surface area (Å²) in [4.78, 5) is 37.9. The molecule has 0 aromatic heterocycles. The normalized spacial score (nSPS) is 14.1. The summed E-state index contributed by atoms with van der Waals surface area (Å²) in [5.74, 6) is -3.16. The highest BCUT2D eigenvalue weighted by Crippen LogP contribution is 2.22. The number of nitro groups is 1. The highest BCUT2D eigenvalue weighted by Gasteiger charge is 2.20. The molecule has 0 spiro atoms. The third-order valence-electron chi connectivity index (χ3n) is 5.11. The maximum atomic E-state index is 13.9. The molecule has 1 heterocycles. The molecular formula is C21H23F2N5O4. The van der Waals surface area contributed by atoms with E-state index < -0.39 is 28.2 Å². The van der Waals surface area contributed by atoms with Crippen LogP contribution in [0.5, 0.6) is 0 Å². The topological polar surface area (TPSA) is 108 Å². The van der Waals surface area contributed by atoms with Crippen molar-refractivity contribution in [3.63, 3.8) is 0 Å². The summed E-state index contributed by atoms with van der Waals surface area (Å²) in [5.41, 5.74) is -0.249. The van der Waals surface area contributed by atoms with Crippen LogP contribution in [0.25, 0.3) is 0 Å². The number of hydrogen-bond acceptors (Lipinski definition) is 6. The average Bonchev–Trinajstić information content (AvgIpc) is 2.78. The fourth-order valence-electron chi connectivity index (χ4n) is 3.42. The zero-order valence-corrected chi connectivity index (χ0v) is 17.2. The van der Waals surface area contributed by atoms with E-state index >= 15 is 0 Å². The Kier molecular flexibility index (Phi) is 7.66. The molecule has 0 atom stereocenters. The first-order valence-electron chi connectivity index (χ1n) is 10.1. The second-order valence-electron chi connectivity index (χ2n) is 7.27. The highest BCUT2D eigenvalue weighted by molar-refractivity contribution is 6.39. The third-order valence-corrected chi connectivity index (χ3v) is 5.11. The SMILES string of the molecule is O=C(NCCCN1CCN(c2ccccc2F)CC1)C(=O)Nc1ccc(F)c([N+](=O)[O-])c1. The molecule has 0 radical (unpaired) electrons. The van der Waals surface area contributed by atoms with E-state index in [0.717, 1.165) is 31.3 Å². The summed E-state index contributed by atoms with van der Waals surface area (Å²) in [6, 6.07) is 9.50. The average molecular weight is 447 g/mol. The number of halogens is 2. The third kappa shape index (κ3) is 5.97. The van der Waals surface area contributed by atoms with Crippen molar-refractivity contribution in [3.8, 4) is 0 Å². The van der Waals surface area contributed by atoms with E-state index in [-0.39, 0.29) is 18.0 Å². The molecule has 1 aliphatic rings. The number of nitrogens with zero attached hydrogens (tertiary/aromatic N) is 3. The zero-order chi connectivity index (χ0) is 23.1. The van der Waals surface area contributed by atoms with Crippen molar-refractivity contribution < 1.29 is 23.3 Å². The Balaban J connectivity index is 1.36. The standard InChI is InChI=1S/C21H23F2N5O4/c22-16-4-1-2-5-18(16)27-12-10-26(11-13-27)9-3-8-24-20(29)21(30)25-15-6-7-17(23)19(14-15)28(31)32/h1-2,4-7,14H,3,8-13H2,(H,24,29)(H,25,30). The predicted octanol–water partition coefficient (Wildman–Crippen LogP) is 2.14. The van der Waals surface area contributed by atoms with Gasteiger partial charge in [-0.3, -0.25) is 24.6 Å². The number of nitrogens with one attached hydrogen (secondary N) is 2. The minimum absolute atomic E-state index is 0.0500. The number of carbonyl (C=O) groups is 2. The number of rotatable bonds is 7. The van der Waals surface area contributed by atoms with Gasteiger partial charge < -0.3 is 15.5 Å². The number of anilines is 2. The molecular weight excluding hydrogens is 424 g/mol. The minimum atomic E-state index is -1.04. The second kappa shape index (κ2) is 10.6. The predicted molar refractivity (Wildman–Crippen MR) is 114 cm³/mol. The molecule has 2 N–H and O–H groups in total. The molecule has 0 saturated carbocycles. The van der Waals surface area contributed by atoms with Gasteiger partial charge in [0.25, 0.3) is 0 Å². The lowest BCUT2D eigenvalue weighted by atomic mass is 10.2. The van der Waals surface area contributed by atoms with Gasteiger partial charge in [0, 0.05) is 44.5 Å². The minimum Gasteiger partial charge on any atom is -0.367 e. The molecule has 1 saturated heterocycles. The van der Waals surface area contributed by atoms with Crippen molar-refractivity contribution in [2.24, 2.45) is 0 Å². The first kappa shape index (κ1) is 23.1. The Hall–Kier alpha value is -3.60. The number of piperazine rings is 1. The van der Waals surface area contributed by atoms with E-state index in [1.54, 1.807) is 18.2 Å². The molecule has 170 valence electrons. The lowest BCUT2D eigenvalue weighted by Crippen LogP contribution is -2.47. The maximum Gasteiger partial charge on any atom is 0.313 e. The van der Waals surface area contributed by atoms with E-state index in [0.29, 0.717) is 31.7 Å². The largest absolute Gasteiger partial charge is 0.367 e. The molecule has 32 heavy (non-hydrogen) atoms. The van der Waals surface area contributed by atoms with Gasteiger partial charge in [-0.05, 0) is 37.2 Å². The maximum absolute atomic E-state index is 13.9. The van der Waals surface area contributed by atoms with Crippen molar-refractivity contribution in [2.45, 2.75) is 6.42 Å². The van der Waals surface area contributed by atoms with Crippen LogP contribution in [0.4, 0.5) is 25.8 Å². The first-order chi connectivity index (χ1) is 15.3. The van der Waals surface area contributed by atoms with Crippen LogP contribution in [0.15, 0.2) is 42.5 Å². The lowest BCUT2D eigenvalue weighted by molar-refractivity contribution is -0.387. The van der Waals surface area contributed by atoms with Crippen LogP contribution in [-0.2, 0) is 9.59 Å². The van der Waals surface area contributed by atoms with Gasteiger partial charge in [-0.2, -0.15) is 4.39 Å². The van der Waals surface area contributed by atoms with Crippen LogP contribution in [0.1, 0.15) is 6.42 Å². The number of nitro benzene ring substituents is 1. The van der Waals surface area contributed by atoms with Gasteiger partial charge in [0.1, 0.15) is 5.82 Å². The monoisotopic (exact) mass is 447 g/mol. The van der Waals surface area contributed by atoms with Crippen LogP contribution in [-0.4, -0.2) is 60.9 Å². The van der Waals surface area contributed by atoms with E-state index in [4.69, 9.17) is 0 Å². The first-order valence-corrected chi connectivity index (χ1v) is 10.1. The highest BCUT2D eigenvalue weighted by atomic mass is 19.1. The molecule has 2 aromatic rings. The molecule has 1 fully saturated rings. The van der Waals surface area contributed by atoms with Crippen LogP contribution in [0.2, 0.25) is 0 Å². The molecule has 3 rings (SSSR count). The van der Waals surface area contributed by atoms with Gasteiger partial charge in [-0.1, -0.05) is 12.1 Å². The smallest absolute Gasteiger partial charge is 0.313 e. The molecule has 0 bridgehead atoms. The van der Waals surface area contributed by atoms with Crippen LogP contribution in [0.3, 0.4) is 0 Å². The molecule has 2 aromatic carbocycles. The van der Waals surface area contributed by atoms with Crippen molar-refractivity contribution in [1.29, 1.82) is 0 Å². The Morgan fingerprint density at radius 1 is 1.00 bits per heavy atom. The number of hydrogen-bond donors (Lipinski definition) is 2. The Morgan fingerprint density at radius 3 is 2.41 bits per heavy atom. The molecule has 0 unspecified atom stereocenters. The van der Waals surface area contributed by atoms with Crippen LogP contribution in [0, 0.1) is 21.7 Å². The van der Waals surface area contributed by atoms with Crippen LogP contribution < -0.4 is 15.5 Å². The van der Waals surface area contributed by atoms with E-state index in [1.807, 2.05) is 4.90 Å². The molecule has 1 aliphatic heterocycles. The van der Waals surface area contributed by atoms with Crippen molar-refractivity contribution in [1.82, 2.24) is 10.2 Å². The van der Waals surface area contributed by atoms with Gasteiger partial charge in [0.05, 0.1) is 10.6 Å².